The molecule has 3 heterocycles. The molecule has 0 unspecified atom stereocenters. The lowest BCUT2D eigenvalue weighted by atomic mass is 10.0. The van der Waals surface area contributed by atoms with Gasteiger partial charge < -0.3 is 35.1 Å². The fourth-order valence-electron chi connectivity index (χ4n) is 5.93. The van der Waals surface area contributed by atoms with E-state index in [1.807, 2.05) is 42.5 Å². The molecule has 2 aliphatic rings. The zero-order chi connectivity index (χ0) is 33.5. The van der Waals surface area contributed by atoms with Crippen LogP contribution in [-0.2, 0) is 11.4 Å². The molecule has 11 heteroatoms. The minimum Gasteiger partial charge on any atom is -0.497 e. The maximum absolute atomic E-state index is 13.4. The summed E-state index contributed by atoms with van der Waals surface area (Å²) in [5, 5.41) is 20.9. The first kappa shape index (κ1) is 33.1. The van der Waals surface area contributed by atoms with Crippen molar-refractivity contribution in [3.63, 3.8) is 0 Å². The molecule has 3 aromatic carbocycles. The number of hydrogen-bond acceptors (Lipinski definition) is 9. The standard InChI is InChI=1S/C37H39ClN6O4/c1-44-17-13-29(14-18-44)48-33-10-8-30-35(26(21-39)22-41-36(30)37(33)43-34(45)19-24-11-15-40-16-12-24)42-27-5-9-32(31(38)20-27)47-23-25-3-6-28(46-2)7-4-25/h3-10,19-20,22,29,40H,11-18,23H2,1-2H3,(H,41,42)(H,43,45). The lowest BCUT2D eigenvalue weighted by Gasteiger charge is -2.30. The Balaban J connectivity index is 1.29. The Bertz CT molecular complexity index is 1840. The van der Waals surface area contributed by atoms with Gasteiger partial charge in [0.25, 0.3) is 0 Å². The molecule has 6 rings (SSSR count). The van der Waals surface area contributed by atoms with Crippen molar-refractivity contribution < 1.29 is 19.0 Å². The van der Waals surface area contributed by atoms with Gasteiger partial charge in [0.1, 0.15) is 41.7 Å². The summed E-state index contributed by atoms with van der Waals surface area (Å²) in [6.07, 6.45) is 6.63. The molecule has 1 amide bonds. The first-order chi connectivity index (χ1) is 23.4. The number of halogens is 1. The van der Waals surface area contributed by atoms with Gasteiger partial charge in [-0.05, 0) is 93.8 Å². The van der Waals surface area contributed by atoms with Crippen molar-refractivity contribution in [2.75, 3.05) is 51.0 Å². The van der Waals surface area contributed by atoms with Gasteiger partial charge in [-0.15, -0.1) is 0 Å². The van der Waals surface area contributed by atoms with Crippen LogP contribution in [0.15, 0.2) is 72.4 Å². The van der Waals surface area contributed by atoms with Crippen LogP contribution in [-0.4, -0.2) is 62.2 Å². The molecule has 2 fully saturated rings. The number of carbonyl (C=O) groups excluding carboxylic acids is 1. The van der Waals surface area contributed by atoms with Gasteiger partial charge in [-0.2, -0.15) is 5.26 Å². The molecule has 0 radical (unpaired) electrons. The molecular formula is C37H39ClN6O4. The number of nitriles is 1. The van der Waals surface area contributed by atoms with Crippen LogP contribution in [0.2, 0.25) is 5.02 Å². The summed E-state index contributed by atoms with van der Waals surface area (Å²) in [4.78, 5) is 20.3. The second-order valence-corrected chi connectivity index (χ2v) is 12.5. The van der Waals surface area contributed by atoms with Crippen LogP contribution in [0.3, 0.4) is 0 Å². The average Bonchev–Trinajstić information content (AvgIpc) is 3.10. The highest BCUT2D eigenvalue weighted by molar-refractivity contribution is 6.32. The number of methoxy groups -OCH3 is 1. The molecule has 0 aliphatic carbocycles. The molecule has 10 nitrogen and oxygen atoms in total. The summed E-state index contributed by atoms with van der Waals surface area (Å²) in [7, 11) is 3.73. The summed E-state index contributed by atoms with van der Waals surface area (Å²) in [5.41, 5.74) is 4.62. The Morgan fingerprint density at radius 1 is 1.08 bits per heavy atom. The number of pyridine rings is 1. The maximum atomic E-state index is 13.4. The number of ether oxygens (including phenoxy) is 3. The number of nitrogens with one attached hydrogen (secondary N) is 3. The molecule has 1 aromatic heterocycles. The summed E-state index contributed by atoms with van der Waals surface area (Å²) >= 11 is 6.65. The van der Waals surface area contributed by atoms with Crippen LogP contribution in [0.5, 0.6) is 17.2 Å². The number of nitrogens with zero attached hydrogens (tertiary/aromatic N) is 3. The Morgan fingerprint density at radius 2 is 1.83 bits per heavy atom. The van der Waals surface area contributed by atoms with Crippen LogP contribution in [0.25, 0.3) is 10.9 Å². The van der Waals surface area contributed by atoms with Crippen molar-refractivity contribution in [2.24, 2.45) is 0 Å². The number of piperidine rings is 2. The molecule has 4 aromatic rings. The molecule has 2 saturated heterocycles. The monoisotopic (exact) mass is 666 g/mol. The number of hydrogen-bond donors (Lipinski definition) is 3. The third-order valence-electron chi connectivity index (χ3n) is 8.66. The van der Waals surface area contributed by atoms with Gasteiger partial charge in [0.05, 0.1) is 28.9 Å². The predicted molar refractivity (Wildman–Crippen MR) is 188 cm³/mol. The lowest BCUT2D eigenvalue weighted by Crippen LogP contribution is -2.35. The topological polar surface area (TPSA) is 121 Å². The third kappa shape index (κ3) is 8.00. The number of amides is 1. The molecule has 0 atom stereocenters. The third-order valence-corrected chi connectivity index (χ3v) is 8.96. The van der Waals surface area contributed by atoms with Crippen molar-refractivity contribution in [2.45, 2.75) is 38.4 Å². The quantitative estimate of drug-likeness (QED) is 0.157. The zero-order valence-electron chi connectivity index (χ0n) is 27.1. The van der Waals surface area contributed by atoms with Gasteiger partial charge in [0.15, 0.2) is 0 Å². The molecule has 48 heavy (non-hydrogen) atoms. The highest BCUT2D eigenvalue weighted by Crippen LogP contribution is 2.40. The van der Waals surface area contributed by atoms with Crippen molar-refractivity contribution in [3.8, 4) is 23.3 Å². The van der Waals surface area contributed by atoms with Crippen LogP contribution in [0.1, 0.15) is 36.8 Å². The molecular weight excluding hydrogens is 628 g/mol. The van der Waals surface area contributed by atoms with Gasteiger partial charge in [-0.3, -0.25) is 9.78 Å². The summed E-state index contributed by atoms with van der Waals surface area (Å²) in [6, 6.07) is 19.0. The first-order valence-electron chi connectivity index (χ1n) is 16.1. The van der Waals surface area contributed by atoms with E-state index in [9.17, 15) is 10.1 Å². The van der Waals surface area contributed by atoms with Gasteiger partial charge in [0, 0.05) is 36.4 Å². The smallest absolute Gasteiger partial charge is 0.248 e. The number of rotatable bonds is 10. The molecule has 0 bridgehead atoms. The summed E-state index contributed by atoms with van der Waals surface area (Å²) < 4.78 is 17.7. The second-order valence-electron chi connectivity index (χ2n) is 12.1. The average molecular weight is 667 g/mol. The van der Waals surface area contributed by atoms with E-state index in [2.05, 4.69) is 39.0 Å². The van der Waals surface area contributed by atoms with Gasteiger partial charge in [-0.25, -0.2) is 0 Å². The lowest BCUT2D eigenvalue weighted by molar-refractivity contribution is -0.112. The van der Waals surface area contributed by atoms with Crippen molar-refractivity contribution in [3.05, 3.63) is 88.6 Å². The first-order valence-corrected chi connectivity index (χ1v) is 16.5. The Hall–Kier alpha value is -4.82. The number of aromatic nitrogens is 1. The predicted octanol–water partition coefficient (Wildman–Crippen LogP) is 6.81. The van der Waals surface area contributed by atoms with E-state index in [1.165, 1.54) is 6.20 Å². The van der Waals surface area contributed by atoms with E-state index in [0.29, 0.717) is 56.7 Å². The van der Waals surface area contributed by atoms with Crippen molar-refractivity contribution >= 4 is 45.5 Å². The van der Waals surface area contributed by atoms with Crippen molar-refractivity contribution in [1.82, 2.24) is 15.2 Å². The van der Waals surface area contributed by atoms with Crippen LogP contribution < -0.4 is 30.2 Å². The molecule has 248 valence electrons. The molecule has 0 spiro atoms. The van der Waals surface area contributed by atoms with Gasteiger partial charge in [0.2, 0.25) is 5.91 Å². The SMILES string of the molecule is COc1ccc(COc2ccc(Nc3c(C#N)cnc4c(NC(=O)C=C5CCNCC5)c(OC5CCN(C)CC5)ccc34)cc2Cl)cc1. The van der Waals surface area contributed by atoms with Crippen LogP contribution in [0, 0.1) is 11.3 Å². The van der Waals surface area contributed by atoms with E-state index in [-0.39, 0.29) is 12.0 Å². The largest absolute Gasteiger partial charge is 0.497 e. The minimum absolute atomic E-state index is 0.0145. The fourth-order valence-corrected chi connectivity index (χ4v) is 6.16. The van der Waals surface area contributed by atoms with E-state index in [1.54, 1.807) is 25.3 Å². The van der Waals surface area contributed by atoms with E-state index >= 15 is 0 Å². The number of fused-ring (bicyclic) bond motifs is 1. The Kier molecular flexibility index (Phi) is 10.6. The number of benzene rings is 3. The summed E-state index contributed by atoms with van der Waals surface area (Å²) in [5.74, 6) is 1.63. The van der Waals surface area contributed by atoms with Gasteiger partial charge in [-0.1, -0.05) is 29.3 Å². The van der Waals surface area contributed by atoms with E-state index in [0.717, 1.165) is 68.7 Å². The molecule has 2 aliphatic heterocycles. The van der Waals surface area contributed by atoms with Crippen molar-refractivity contribution in [1.29, 1.82) is 5.26 Å². The van der Waals surface area contributed by atoms with Crippen LogP contribution >= 0.6 is 11.6 Å². The maximum Gasteiger partial charge on any atom is 0.248 e. The Morgan fingerprint density at radius 3 is 2.54 bits per heavy atom. The van der Waals surface area contributed by atoms with E-state index in [4.69, 9.17) is 25.8 Å². The van der Waals surface area contributed by atoms with Gasteiger partial charge >= 0.3 is 0 Å². The molecule has 0 saturated carbocycles. The highest BCUT2D eigenvalue weighted by atomic mass is 35.5. The Labute approximate surface area is 285 Å². The molecule has 3 N–H and O–H groups in total. The summed E-state index contributed by atoms with van der Waals surface area (Å²) in [6.45, 7) is 3.92. The van der Waals surface area contributed by atoms with Crippen LogP contribution in [0.4, 0.5) is 17.1 Å². The zero-order valence-corrected chi connectivity index (χ0v) is 27.9. The van der Waals surface area contributed by atoms with E-state index < -0.39 is 0 Å². The number of anilines is 3. The minimum atomic E-state index is -0.231. The second kappa shape index (κ2) is 15.4. The fraction of sp³-hybridized carbons (Fsp3) is 0.324. The highest BCUT2D eigenvalue weighted by Gasteiger charge is 2.23. The number of likely N-dealkylation sites (tertiary alicyclic amines) is 1. The number of carbonyl (C=O) groups is 1. The normalized spacial score (nSPS) is 15.4.